The van der Waals surface area contributed by atoms with Crippen molar-refractivity contribution < 1.29 is 17.9 Å². The van der Waals surface area contributed by atoms with Gasteiger partial charge in [-0.25, -0.2) is 17.9 Å². The van der Waals surface area contributed by atoms with Crippen LogP contribution in [0.4, 0.5) is 0 Å². The van der Waals surface area contributed by atoms with Gasteiger partial charge in [-0.05, 0) is 57.7 Å². The number of unbranched alkanes of at least 4 members (excludes halogenated alkanes) is 3. The average Bonchev–Trinajstić information content (AvgIpc) is 3.07. The zero-order valence-corrected chi connectivity index (χ0v) is 23.0. The molecule has 0 bridgehead atoms. The van der Waals surface area contributed by atoms with Gasteiger partial charge in [-0.2, -0.15) is 4.72 Å². The molecule has 38 heavy (non-hydrogen) atoms. The van der Waals surface area contributed by atoms with Crippen molar-refractivity contribution in [2.24, 2.45) is 0 Å². The van der Waals surface area contributed by atoms with Gasteiger partial charge in [-0.1, -0.05) is 26.2 Å². The molecule has 1 atom stereocenters. The van der Waals surface area contributed by atoms with Gasteiger partial charge in [-0.15, -0.1) is 5.10 Å². The van der Waals surface area contributed by atoms with E-state index in [4.69, 9.17) is 4.74 Å². The minimum Gasteiger partial charge on any atom is -0.493 e. The van der Waals surface area contributed by atoms with Crippen LogP contribution in [0.3, 0.4) is 0 Å². The van der Waals surface area contributed by atoms with E-state index >= 15 is 0 Å². The number of nitrogens with zero attached hydrogens (tertiary/aromatic N) is 3. The van der Waals surface area contributed by atoms with E-state index in [0.717, 1.165) is 38.5 Å². The van der Waals surface area contributed by atoms with Crippen LogP contribution in [0.15, 0.2) is 27.9 Å². The Morgan fingerprint density at radius 3 is 2.74 bits per heavy atom. The zero-order chi connectivity index (χ0) is 27.3. The van der Waals surface area contributed by atoms with E-state index in [0.29, 0.717) is 54.3 Å². The first-order valence-electron chi connectivity index (χ1n) is 13.3. The lowest BCUT2D eigenvalue weighted by Gasteiger charge is -2.17. The topological polar surface area (TPSA) is 148 Å². The van der Waals surface area contributed by atoms with Crippen LogP contribution in [0.1, 0.15) is 70.3 Å². The van der Waals surface area contributed by atoms with E-state index in [9.17, 15) is 18.0 Å². The lowest BCUT2D eigenvalue weighted by Crippen LogP contribution is -2.45. The van der Waals surface area contributed by atoms with Crippen LogP contribution < -0.4 is 20.3 Å². The third-order valence-corrected chi connectivity index (χ3v) is 8.12. The Kier molecular flexibility index (Phi) is 8.83. The number of amides is 1. The van der Waals surface area contributed by atoms with Gasteiger partial charge >= 0.3 is 0 Å². The van der Waals surface area contributed by atoms with Crippen LogP contribution in [0.25, 0.3) is 16.9 Å². The highest BCUT2D eigenvalue weighted by molar-refractivity contribution is 7.89. The fraction of sp³-hybridized carbons (Fsp3) is 0.538. The standard InChI is InChI=1S/C26H36N6O5S/c1-4-6-7-8-12-22-28-17(3)23-26(34)29-24(30-32(22)23)19-16-18(13-14-21(19)37-5-2)38(35,36)31-20-11-9-10-15-27-25(20)33/h13-14,16,20,31H,4-12,15H2,1-3H3,(H,27,33)(H,29,30,34). The van der Waals surface area contributed by atoms with Crippen molar-refractivity contribution >= 4 is 21.4 Å². The molecule has 1 aliphatic rings. The number of carbonyl (C=O) groups is 1. The second-order valence-electron chi connectivity index (χ2n) is 9.54. The summed E-state index contributed by atoms with van der Waals surface area (Å²) in [4.78, 5) is 32.7. The average molecular weight is 545 g/mol. The fourth-order valence-electron chi connectivity index (χ4n) is 4.68. The minimum absolute atomic E-state index is 0.0580. The molecule has 2 aromatic heterocycles. The van der Waals surface area contributed by atoms with Crippen molar-refractivity contribution in [3.05, 3.63) is 40.1 Å². The Morgan fingerprint density at radius 1 is 1.16 bits per heavy atom. The molecule has 12 heteroatoms. The maximum Gasteiger partial charge on any atom is 0.277 e. The molecular formula is C26H36N6O5S. The molecule has 0 saturated carbocycles. The summed E-state index contributed by atoms with van der Waals surface area (Å²) in [6.07, 6.45) is 6.84. The van der Waals surface area contributed by atoms with Crippen LogP contribution in [-0.4, -0.2) is 53.1 Å². The molecule has 3 heterocycles. The van der Waals surface area contributed by atoms with Gasteiger partial charge in [0.2, 0.25) is 15.9 Å². The highest BCUT2D eigenvalue weighted by Gasteiger charge is 2.28. The largest absolute Gasteiger partial charge is 0.493 e. The Morgan fingerprint density at radius 2 is 1.97 bits per heavy atom. The number of fused-ring (bicyclic) bond motifs is 1. The Hall–Kier alpha value is -3.25. The molecule has 3 aromatic rings. The molecule has 1 fully saturated rings. The number of hydrogen-bond acceptors (Lipinski definition) is 7. The van der Waals surface area contributed by atoms with Crippen LogP contribution in [0.5, 0.6) is 5.75 Å². The van der Waals surface area contributed by atoms with Crippen LogP contribution >= 0.6 is 0 Å². The summed E-state index contributed by atoms with van der Waals surface area (Å²) in [5, 5.41) is 7.41. The highest BCUT2D eigenvalue weighted by Crippen LogP contribution is 2.30. The summed E-state index contributed by atoms with van der Waals surface area (Å²) in [7, 11) is -4.05. The van der Waals surface area contributed by atoms with Crippen molar-refractivity contribution in [1.82, 2.24) is 29.6 Å². The quantitative estimate of drug-likeness (QED) is 0.314. The van der Waals surface area contributed by atoms with Crippen molar-refractivity contribution in [2.75, 3.05) is 13.2 Å². The first kappa shape index (κ1) is 27.8. The first-order chi connectivity index (χ1) is 18.2. The van der Waals surface area contributed by atoms with Gasteiger partial charge in [0.05, 0.1) is 22.8 Å². The predicted octanol–water partition coefficient (Wildman–Crippen LogP) is 2.86. The summed E-state index contributed by atoms with van der Waals surface area (Å²) in [5.74, 6) is 0.893. The monoisotopic (exact) mass is 544 g/mol. The molecule has 3 N–H and O–H groups in total. The summed E-state index contributed by atoms with van der Waals surface area (Å²) in [6.45, 7) is 6.59. The Balaban J connectivity index is 1.75. The number of carbonyl (C=O) groups excluding carboxylic acids is 1. The van der Waals surface area contributed by atoms with Gasteiger partial charge in [0.25, 0.3) is 5.56 Å². The number of imidazole rings is 1. The molecule has 1 aliphatic heterocycles. The second-order valence-corrected chi connectivity index (χ2v) is 11.3. The van der Waals surface area contributed by atoms with E-state index < -0.39 is 16.1 Å². The molecule has 11 nitrogen and oxygen atoms in total. The number of aromatic nitrogens is 4. The molecule has 1 amide bonds. The molecule has 1 aromatic carbocycles. The highest BCUT2D eigenvalue weighted by atomic mass is 32.2. The van der Waals surface area contributed by atoms with E-state index in [1.54, 1.807) is 11.4 Å². The Labute approximate surface area is 222 Å². The van der Waals surface area contributed by atoms with E-state index in [-0.39, 0.29) is 22.2 Å². The molecule has 4 rings (SSSR count). The molecule has 206 valence electrons. The first-order valence-corrected chi connectivity index (χ1v) is 14.8. The summed E-state index contributed by atoms with van der Waals surface area (Å²) < 4.78 is 36.4. The van der Waals surface area contributed by atoms with Gasteiger partial charge in [-0.3, -0.25) is 9.59 Å². The van der Waals surface area contributed by atoms with Crippen molar-refractivity contribution in [2.45, 2.75) is 83.1 Å². The normalized spacial score (nSPS) is 16.4. The van der Waals surface area contributed by atoms with Gasteiger partial charge in [0.1, 0.15) is 17.6 Å². The summed E-state index contributed by atoms with van der Waals surface area (Å²) in [6, 6.07) is 3.52. The zero-order valence-electron chi connectivity index (χ0n) is 22.2. The number of benzene rings is 1. The number of aromatic amines is 1. The number of nitrogens with one attached hydrogen (secondary N) is 3. The third-order valence-electron chi connectivity index (χ3n) is 6.65. The second kappa shape index (κ2) is 12.1. The SMILES string of the molecule is CCCCCCc1nc(C)c2c(=O)[nH]c(-c3cc(S(=O)(=O)NC4CCCCNC4=O)ccc3OCC)nn12. The van der Waals surface area contributed by atoms with E-state index in [2.05, 4.69) is 32.0 Å². The van der Waals surface area contributed by atoms with Gasteiger partial charge in [0, 0.05) is 13.0 Å². The number of H-pyrrole nitrogens is 1. The summed E-state index contributed by atoms with van der Waals surface area (Å²) in [5.41, 5.74) is 0.899. The van der Waals surface area contributed by atoms with Crippen molar-refractivity contribution in [1.29, 1.82) is 0 Å². The molecule has 0 aliphatic carbocycles. The Bertz CT molecular complexity index is 1460. The van der Waals surface area contributed by atoms with Gasteiger partial charge < -0.3 is 15.0 Å². The number of ether oxygens (including phenoxy) is 1. The van der Waals surface area contributed by atoms with E-state index in [1.807, 2.05) is 6.92 Å². The molecular weight excluding hydrogens is 508 g/mol. The maximum atomic E-state index is 13.3. The molecule has 0 spiro atoms. The number of sulfonamides is 1. The number of rotatable bonds is 11. The third kappa shape index (κ3) is 6.07. The summed E-state index contributed by atoms with van der Waals surface area (Å²) >= 11 is 0. The number of hydrogen-bond donors (Lipinski definition) is 3. The lowest BCUT2D eigenvalue weighted by molar-refractivity contribution is -0.122. The fourth-order valence-corrected chi connectivity index (χ4v) is 5.93. The lowest BCUT2D eigenvalue weighted by atomic mass is 10.1. The van der Waals surface area contributed by atoms with Crippen LogP contribution in [0, 0.1) is 6.92 Å². The van der Waals surface area contributed by atoms with Crippen LogP contribution in [0.2, 0.25) is 0 Å². The predicted molar refractivity (Wildman–Crippen MR) is 144 cm³/mol. The minimum atomic E-state index is -4.05. The van der Waals surface area contributed by atoms with Crippen LogP contribution in [-0.2, 0) is 21.2 Å². The number of aryl methyl sites for hydroxylation is 2. The molecule has 1 unspecified atom stereocenters. The van der Waals surface area contributed by atoms with E-state index in [1.165, 1.54) is 18.2 Å². The smallest absolute Gasteiger partial charge is 0.277 e. The van der Waals surface area contributed by atoms with Crippen molar-refractivity contribution in [3.8, 4) is 17.1 Å². The molecule has 0 radical (unpaired) electrons. The molecule has 1 saturated heterocycles. The van der Waals surface area contributed by atoms with Gasteiger partial charge in [0.15, 0.2) is 11.3 Å². The maximum absolute atomic E-state index is 13.3. The van der Waals surface area contributed by atoms with Crippen molar-refractivity contribution in [3.63, 3.8) is 0 Å².